The summed E-state index contributed by atoms with van der Waals surface area (Å²) in [5.41, 5.74) is 0.733. The van der Waals surface area contributed by atoms with Gasteiger partial charge in [-0.15, -0.1) is 0 Å². The molecule has 0 aliphatic carbocycles. The van der Waals surface area contributed by atoms with E-state index in [1.165, 1.54) is 23.1 Å². The van der Waals surface area contributed by atoms with Gasteiger partial charge < -0.3 is 13.3 Å². The third-order valence-electron chi connectivity index (χ3n) is 7.50. The number of benzene rings is 1. The molecule has 4 atom stereocenters. The molecule has 0 radical (unpaired) electrons. The predicted molar refractivity (Wildman–Crippen MR) is 139 cm³/mol. The maximum absolute atomic E-state index is 13.4. The van der Waals surface area contributed by atoms with Crippen molar-refractivity contribution in [1.29, 1.82) is 0 Å². The van der Waals surface area contributed by atoms with Crippen molar-refractivity contribution < 1.29 is 31.4 Å². The monoisotopic (exact) mass is 535 g/mol. The Morgan fingerprint density at radius 3 is 2.28 bits per heavy atom. The van der Waals surface area contributed by atoms with Crippen LogP contribution in [0.4, 0.5) is 0 Å². The Labute approximate surface area is 215 Å². The van der Waals surface area contributed by atoms with E-state index in [0.717, 1.165) is 23.7 Å². The lowest BCUT2D eigenvalue weighted by atomic mass is 9.79. The molecule has 0 bridgehead atoms. The molecule has 1 fully saturated rings. The Balaban J connectivity index is 1.96. The molecule has 2 aliphatic rings. The highest BCUT2D eigenvalue weighted by Crippen LogP contribution is 2.49. The molecule has 3 rings (SSSR count). The summed E-state index contributed by atoms with van der Waals surface area (Å²) in [6.07, 6.45) is 1.03. The maximum atomic E-state index is 13.4. The predicted octanol–water partition coefficient (Wildman–Crippen LogP) is 4.53. The first-order valence-corrected chi connectivity index (χ1v) is 16.4. The number of nitrogens with zero attached hydrogens (tertiary/aromatic N) is 1. The van der Waals surface area contributed by atoms with Gasteiger partial charge >= 0.3 is 16.1 Å². The van der Waals surface area contributed by atoms with Crippen LogP contribution in [0.15, 0.2) is 53.3 Å². The fraction of sp³-hybridized carbons (Fsp3) is 0.538. The van der Waals surface area contributed by atoms with Crippen LogP contribution in [0.3, 0.4) is 0 Å². The molecule has 1 aromatic rings. The molecule has 8 nitrogen and oxygen atoms in total. The fourth-order valence-electron chi connectivity index (χ4n) is 5.15. The lowest BCUT2D eigenvalue weighted by molar-refractivity contribution is -0.163. The average molecular weight is 536 g/mol. The van der Waals surface area contributed by atoms with Crippen molar-refractivity contribution in [3.63, 3.8) is 0 Å². The SMILES string of the molecule is C=CCOC(=O)C1=C(OS(=O)(=O)c2ccc(C)cc2)[C@H](C)[C@@H]2[C@@H]([C@@H](C)O[Si](CC)(CC)CC)C(=O)N12. The highest BCUT2D eigenvalue weighted by Gasteiger charge is 2.62. The summed E-state index contributed by atoms with van der Waals surface area (Å²) < 4.78 is 43.6. The van der Waals surface area contributed by atoms with Gasteiger partial charge in [0.05, 0.1) is 18.1 Å². The van der Waals surface area contributed by atoms with Crippen molar-refractivity contribution >= 4 is 30.3 Å². The van der Waals surface area contributed by atoms with E-state index in [-0.39, 0.29) is 35.0 Å². The molecule has 2 heterocycles. The number of amides is 1. The Bertz CT molecular complexity index is 1130. The number of β-lactam (4-membered cyclic amide) rings is 1. The molecule has 1 saturated heterocycles. The lowest BCUT2D eigenvalue weighted by Gasteiger charge is -2.49. The quantitative estimate of drug-likeness (QED) is 0.127. The van der Waals surface area contributed by atoms with Crippen LogP contribution < -0.4 is 0 Å². The summed E-state index contributed by atoms with van der Waals surface area (Å²) in [5.74, 6) is -2.25. The number of esters is 1. The highest BCUT2D eigenvalue weighted by molar-refractivity contribution is 7.86. The summed E-state index contributed by atoms with van der Waals surface area (Å²) in [6, 6.07) is 8.59. The van der Waals surface area contributed by atoms with Crippen LogP contribution >= 0.6 is 0 Å². The second-order valence-corrected chi connectivity index (χ2v) is 15.8. The summed E-state index contributed by atoms with van der Waals surface area (Å²) in [5, 5.41) is 0. The number of carbonyl (C=O) groups is 2. The van der Waals surface area contributed by atoms with Gasteiger partial charge in [0.2, 0.25) is 5.91 Å². The number of fused-ring (bicyclic) bond motifs is 1. The fourth-order valence-corrected chi connectivity index (χ4v) is 9.12. The molecule has 0 aromatic heterocycles. The maximum Gasteiger partial charge on any atom is 0.358 e. The molecule has 0 saturated carbocycles. The van der Waals surface area contributed by atoms with E-state index < -0.39 is 42.3 Å². The third-order valence-corrected chi connectivity index (χ3v) is 13.5. The van der Waals surface area contributed by atoms with E-state index in [9.17, 15) is 18.0 Å². The first kappa shape index (κ1) is 28.1. The van der Waals surface area contributed by atoms with Crippen LogP contribution in [-0.2, 0) is 33.1 Å². The van der Waals surface area contributed by atoms with Crippen LogP contribution in [0.1, 0.15) is 40.2 Å². The minimum absolute atomic E-state index is 0.0370. The first-order chi connectivity index (χ1) is 17.0. The second kappa shape index (κ2) is 10.9. The van der Waals surface area contributed by atoms with Gasteiger partial charge in [-0.2, -0.15) is 8.42 Å². The van der Waals surface area contributed by atoms with Gasteiger partial charge in [-0.25, -0.2) is 4.79 Å². The minimum Gasteiger partial charge on any atom is -0.457 e. The van der Waals surface area contributed by atoms with Gasteiger partial charge in [-0.05, 0) is 44.1 Å². The second-order valence-electron chi connectivity index (χ2n) is 9.53. The molecule has 10 heteroatoms. The molecule has 0 N–H and O–H groups in total. The van der Waals surface area contributed by atoms with E-state index in [1.54, 1.807) is 19.1 Å². The van der Waals surface area contributed by atoms with Crippen molar-refractivity contribution in [2.45, 2.75) is 76.7 Å². The summed E-state index contributed by atoms with van der Waals surface area (Å²) in [6.45, 7) is 15.3. The molecule has 0 spiro atoms. The molecular formula is C26H37NO7SSi. The molecule has 1 aromatic carbocycles. The van der Waals surface area contributed by atoms with Crippen molar-refractivity contribution in [2.75, 3.05) is 6.61 Å². The molecule has 1 amide bonds. The molecule has 0 unspecified atom stereocenters. The normalized spacial score (nSPS) is 22.7. The number of hydrogen-bond acceptors (Lipinski definition) is 7. The van der Waals surface area contributed by atoms with Crippen molar-refractivity contribution in [2.24, 2.45) is 11.8 Å². The van der Waals surface area contributed by atoms with E-state index in [1.807, 2.05) is 13.8 Å². The van der Waals surface area contributed by atoms with Crippen LogP contribution in [-0.4, -0.2) is 52.3 Å². The zero-order chi connectivity index (χ0) is 26.8. The third kappa shape index (κ3) is 5.03. The van der Waals surface area contributed by atoms with E-state index in [0.29, 0.717) is 0 Å². The first-order valence-electron chi connectivity index (χ1n) is 12.5. The van der Waals surface area contributed by atoms with Crippen LogP contribution in [0.2, 0.25) is 18.1 Å². The standard InChI is InChI=1S/C26H37NO7SSi/c1-8-16-32-26(29)23-24(33-35(30,31)20-14-12-17(5)13-15-20)18(6)22-21(25(28)27(22)23)19(7)34-36(9-2,10-3)11-4/h8,12-15,18-19,21-22H,1,9-11,16H2,2-7H3/t18-,19-,21-,22-/m1/s1. The van der Waals surface area contributed by atoms with Crippen LogP contribution in [0, 0.1) is 18.8 Å². The van der Waals surface area contributed by atoms with E-state index in [4.69, 9.17) is 13.3 Å². The molecule has 36 heavy (non-hydrogen) atoms. The van der Waals surface area contributed by atoms with Crippen LogP contribution in [0.25, 0.3) is 0 Å². The Kier molecular flexibility index (Phi) is 8.52. The van der Waals surface area contributed by atoms with Crippen LogP contribution in [0.5, 0.6) is 0 Å². The number of carbonyl (C=O) groups excluding carboxylic acids is 2. The largest absolute Gasteiger partial charge is 0.457 e. The average Bonchev–Trinajstić information content (AvgIpc) is 3.09. The van der Waals surface area contributed by atoms with Gasteiger partial charge in [0.1, 0.15) is 11.5 Å². The van der Waals surface area contributed by atoms with Gasteiger partial charge in [0.25, 0.3) is 0 Å². The Hall–Kier alpha value is -2.43. The molecule has 198 valence electrons. The van der Waals surface area contributed by atoms with Gasteiger partial charge in [-0.3, -0.25) is 9.69 Å². The number of aryl methyl sites for hydroxylation is 1. The molecular weight excluding hydrogens is 498 g/mol. The minimum atomic E-state index is -4.24. The highest BCUT2D eigenvalue weighted by atomic mass is 32.2. The molecule has 2 aliphatic heterocycles. The van der Waals surface area contributed by atoms with Crippen molar-refractivity contribution in [3.05, 3.63) is 53.9 Å². The summed E-state index contributed by atoms with van der Waals surface area (Å²) in [4.78, 5) is 27.7. The summed E-state index contributed by atoms with van der Waals surface area (Å²) in [7, 11) is -6.24. The lowest BCUT2D eigenvalue weighted by Crippen LogP contribution is -2.65. The van der Waals surface area contributed by atoms with Gasteiger partial charge in [-0.1, -0.05) is 58.0 Å². The Morgan fingerprint density at radius 1 is 1.17 bits per heavy atom. The van der Waals surface area contributed by atoms with Gasteiger partial charge in [0, 0.05) is 5.92 Å². The van der Waals surface area contributed by atoms with E-state index >= 15 is 0 Å². The topological polar surface area (TPSA) is 99.2 Å². The van der Waals surface area contributed by atoms with Crippen molar-refractivity contribution in [3.8, 4) is 0 Å². The number of ether oxygens (including phenoxy) is 1. The smallest absolute Gasteiger partial charge is 0.358 e. The van der Waals surface area contributed by atoms with E-state index in [2.05, 4.69) is 27.4 Å². The van der Waals surface area contributed by atoms with Crippen molar-refractivity contribution in [1.82, 2.24) is 4.90 Å². The number of rotatable bonds is 12. The summed E-state index contributed by atoms with van der Waals surface area (Å²) >= 11 is 0. The zero-order valence-corrected chi connectivity index (χ0v) is 23.8. The zero-order valence-electron chi connectivity index (χ0n) is 21.9. The van der Waals surface area contributed by atoms with Gasteiger partial charge in [0.15, 0.2) is 19.8 Å². The number of hydrogen-bond donors (Lipinski definition) is 0. The Morgan fingerprint density at radius 2 is 1.75 bits per heavy atom.